The zero-order valence-electron chi connectivity index (χ0n) is 13.1. The van der Waals surface area contributed by atoms with Crippen molar-refractivity contribution in [3.05, 3.63) is 0 Å². The molecule has 0 aliphatic rings. The molecule has 0 fully saturated rings. The van der Waals surface area contributed by atoms with Crippen LogP contribution in [0.1, 0.15) is 0 Å². The first-order valence-electron chi connectivity index (χ1n) is 6.04. The molecule has 0 aromatic heterocycles. The third kappa shape index (κ3) is 6.51. The molecule has 0 spiro atoms. The summed E-state index contributed by atoms with van der Waals surface area (Å²) in [6.07, 6.45) is -34.0. The van der Waals surface area contributed by atoms with E-state index in [9.17, 15) is 87.9 Å². The van der Waals surface area contributed by atoms with E-state index in [0.29, 0.717) is 0 Å². The molecule has 0 heterocycles. The Morgan fingerprint density at radius 3 is 0.839 bits per heavy atom. The fourth-order valence-electron chi connectivity index (χ4n) is 0.854. The Bertz CT molecular complexity index is 537. The second-order valence-electron chi connectivity index (χ2n) is 4.72. The van der Waals surface area contributed by atoms with Gasteiger partial charge in [0.2, 0.25) is 0 Å². The van der Waals surface area contributed by atoms with Gasteiger partial charge in [0.05, 0.1) is 0 Å². The van der Waals surface area contributed by atoms with E-state index in [-0.39, 0.29) is 0 Å². The van der Waals surface area contributed by atoms with Crippen LogP contribution in [0.2, 0.25) is 0 Å². The topological polar surface area (TPSA) is 18.5 Å². The van der Waals surface area contributed by atoms with Crippen LogP contribution in [-0.2, 0) is 9.68 Å². The number of hydrogen-bond acceptors (Lipinski definition) is 2. The summed E-state index contributed by atoms with van der Waals surface area (Å²) in [6, 6.07) is 0. The van der Waals surface area contributed by atoms with Crippen LogP contribution in [0.25, 0.3) is 0 Å². The quantitative estimate of drug-likeness (QED) is 0.376. The molecule has 0 saturated heterocycles. The summed E-state index contributed by atoms with van der Waals surface area (Å²) in [4.78, 5) is 1.25. The molecule has 0 rings (SSSR count). The third-order valence-corrected chi connectivity index (χ3v) is 2.43. The third-order valence-electron chi connectivity index (χ3n) is 2.43. The lowest BCUT2D eigenvalue weighted by molar-refractivity contribution is -0.503. The van der Waals surface area contributed by atoms with E-state index in [2.05, 4.69) is 0 Å². The Labute approximate surface area is 154 Å². The van der Waals surface area contributed by atoms with Crippen LogP contribution >= 0.6 is 0 Å². The first-order chi connectivity index (χ1) is 13.1. The monoisotopic (exact) mass is 522 g/mol. The molecule has 0 radical (unpaired) electrons. The molecule has 31 heavy (non-hydrogen) atoms. The number of hydrogen-bond donors (Lipinski definition) is 0. The predicted molar refractivity (Wildman–Crippen MR) is 51.0 cm³/mol. The van der Waals surface area contributed by atoms with Gasteiger partial charge in [-0.25, -0.2) is 4.39 Å². The van der Waals surface area contributed by atoms with Crippen LogP contribution in [0, 0.1) is 0 Å². The van der Waals surface area contributed by atoms with Crippen LogP contribution in [0.4, 0.5) is 87.9 Å². The summed E-state index contributed by atoms with van der Waals surface area (Å²) in [5, 5.41) is 0. The SMILES string of the molecule is FCC(F)(F)C(F)(F)OC(F)(C(F)(F)F)C(F)(F)F.FOC(F)(C(F)(F)F)C(F)(F)F. The molecule has 0 unspecified atom stereocenters. The number of ether oxygens (including phenoxy) is 1. The van der Waals surface area contributed by atoms with Gasteiger partial charge >= 0.3 is 48.4 Å². The number of alkyl halides is 19. The zero-order chi connectivity index (χ0) is 26.1. The maximum absolute atomic E-state index is 12.6. The molecule has 0 atom stereocenters. The van der Waals surface area contributed by atoms with E-state index in [0.717, 1.165) is 0 Å². The van der Waals surface area contributed by atoms with Crippen LogP contribution < -0.4 is 0 Å². The molecule has 0 aliphatic heterocycles. The molecule has 0 bridgehead atoms. The van der Waals surface area contributed by atoms with Crippen molar-refractivity contribution in [2.75, 3.05) is 6.67 Å². The Hall–Kier alpha value is -1.48. The van der Waals surface area contributed by atoms with Crippen molar-refractivity contribution in [1.82, 2.24) is 0 Å². The van der Waals surface area contributed by atoms with E-state index in [1.807, 2.05) is 0 Å². The molecular formula is C9H2F20O2. The van der Waals surface area contributed by atoms with Gasteiger partial charge in [-0.2, -0.15) is 79.0 Å². The van der Waals surface area contributed by atoms with Crippen molar-refractivity contribution >= 4 is 0 Å². The summed E-state index contributed by atoms with van der Waals surface area (Å²) >= 11 is 0. The zero-order valence-corrected chi connectivity index (χ0v) is 13.1. The van der Waals surface area contributed by atoms with E-state index >= 15 is 0 Å². The average Bonchev–Trinajstić information content (AvgIpc) is 2.49. The minimum absolute atomic E-state index is 1.25. The molecule has 2 nitrogen and oxygen atoms in total. The van der Waals surface area contributed by atoms with Crippen LogP contribution in [-0.4, -0.2) is 55.1 Å². The van der Waals surface area contributed by atoms with Gasteiger partial charge in [0.25, 0.3) is 0 Å². The highest BCUT2D eigenvalue weighted by atomic mass is 19.4. The van der Waals surface area contributed by atoms with E-state index in [4.69, 9.17) is 0 Å². The van der Waals surface area contributed by atoms with Crippen molar-refractivity contribution in [3.8, 4) is 0 Å². The first-order valence-corrected chi connectivity index (χ1v) is 6.04. The molecule has 22 heteroatoms. The van der Waals surface area contributed by atoms with Crippen LogP contribution in [0.3, 0.4) is 0 Å². The lowest BCUT2D eigenvalue weighted by Crippen LogP contribution is -2.61. The fraction of sp³-hybridized carbons (Fsp3) is 1.00. The van der Waals surface area contributed by atoms with E-state index in [1.165, 1.54) is 4.94 Å². The van der Waals surface area contributed by atoms with Gasteiger partial charge in [-0.15, -0.1) is 4.94 Å². The minimum atomic E-state index is -7.14. The van der Waals surface area contributed by atoms with Crippen molar-refractivity contribution in [2.24, 2.45) is 0 Å². The predicted octanol–water partition coefficient (Wildman–Crippen LogP) is 6.67. The molecule has 0 aromatic rings. The van der Waals surface area contributed by atoms with Gasteiger partial charge in [0.1, 0.15) is 0 Å². The van der Waals surface area contributed by atoms with Gasteiger partial charge in [-0.05, 0) is 4.53 Å². The van der Waals surface area contributed by atoms with Crippen molar-refractivity contribution in [3.63, 3.8) is 0 Å². The van der Waals surface area contributed by atoms with Gasteiger partial charge < -0.3 is 0 Å². The lowest BCUT2D eigenvalue weighted by Gasteiger charge is -2.34. The molecular weight excluding hydrogens is 520 g/mol. The highest BCUT2D eigenvalue weighted by Crippen LogP contribution is 2.52. The van der Waals surface area contributed by atoms with Crippen molar-refractivity contribution in [1.29, 1.82) is 0 Å². The molecule has 0 aromatic carbocycles. The van der Waals surface area contributed by atoms with Gasteiger partial charge in [-0.1, -0.05) is 0 Å². The summed E-state index contributed by atoms with van der Waals surface area (Å²) in [5.74, 6) is -19.4. The number of halogens is 20. The molecule has 0 amide bonds. The maximum atomic E-state index is 12.6. The normalized spacial score (nSPS) is 15.5. The molecule has 0 aliphatic carbocycles. The Morgan fingerprint density at radius 2 is 0.710 bits per heavy atom. The van der Waals surface area contributed by atoms with E-state index in [1.54, 1.807) is 4.74 Å². The molecule has 190 valence electrons. The average molecular weight is 522 g/mol. The number of rotatable bonds is 5. The van der Waals surface area contributed by atoms with Gasteiger partial charge in [0, 0.05) is 0 Å². The standard InChI is InChI=1S/C6H2F12O.C3F8O/c7-1-2(8,9)6(17,18)19-3(10,4(11,12)13)5(14,15)16;4-1(12-11,2(5,6)7)3(8,9)10/h1H2;. The van der Waals surface area contributed by atoms with Gasteiger partial charge in [-0.3, -0.25) is 4.74 Å². The fourth-order valence-corrected chi connectivity index (χ4v) is 0.854. The van der Waals surface area contributed by atoms with E-state index < -0.39 is 55.1 Å². The smallest absolute Gasteiger partial charge is 0.262 e. The highest BCUT2D eigenvalue weighted by Gasteiger charge is 2.80. The largest absolute Gasteiger partial charge is 0.461 e. The van der Waals surface area contributed by atoms with Gasteiger partial charge in [0.15, 0.2) is 6.67 Å². The van der Waals surface area contributed by atoms with Crippen LogP contribution in [0.5, 0.6) is 0 Å². The Kier molecular flexibility index (Phi) is 9.01. The lowest BCUT2D eigenvalue weighted by atomic mass is 10.2. The van der Waals surface area contributed by atoms with Crippen molar-refractivity contribution in [2.45, 2.75) is 48.4 Å². The molecule has 0 saturated carbocycles. The second-order valence-corrected chi connectivity index (χ2v) is 4.72. The first kappa shape index (κ1) is 31.7. The Morgan fingerprint density at radius 1 is 0.452 bits per heavy atom. The summed E-state index contributed by atoms with van der Waals surface area (Å²) in [7, 11) is 0. The van der Waals surface area contributed by atoms with Crippen molar-refractivity contribution < 1.29 is 97.6 Å². The molecule has 0 N–H and O–H groups in total. The summed E-state index contributed by atoms with van der Waals surface area (Å²) in [6.45, 7) is -3.37. The van der Waals surface area contributed by atoms with Crippen LogP contribution in [0.15, 0.2) is 0 Å². The summed E-state index contributed by atoms with van der Waals surface area (Å²) < 4.78 is 234. The second kappa shape index (κ2) is 8.81. The summed E-state index contributed by atoms with van der Waals surface area (Å²) in [5.41, 5.74) is 0. The highest BCUT2D eigenvalue weighted by molar-refractivity contribution is 4.90. The minimum Gasteiger partial charge on any atom is -0.262 e. The maximum Gasteiger partial charge on any atom is 0.461 e. The Balaban J connectivity index is 0.